The summed E-state index contributed by atoms with van der Waals surface area (Å²) in [7, 11) is 1.52. The summed E-state index contributed by atoms with van der Waals surface area (Å²) in [4.78, 5) is 20.8. The average molecular weight is 228 g/mol. The van der Waals surface area contributed by atoms with Gasteiger partial charge in [0.15, 0.2) is 0 Å². The Bertz CT molecular complexity index is 379. The second-order valence-electron chi connectivity index (χ2n) is 2.79. The molecule has 0 atom stereocenters. The maximum atomic E-state index is 10.7. The van der Waals surface area contributed by atoms with Gasteiger partial charge < -0.3 is 10.1 Å². The van der Waals surface area contributed by atoms with Gasteiger partial charge in [-0.05, 0) is 18.2 Å². The van der Waals surface area contributed by atoms with E-state index in [-0.39, 0.29) is 12.8 Å². The van der Waals surface area contributed by atoms with Gasteiger partial charge in [0.05, 0.1) is 7.11 Å². The Labute approximate surface area is 92.2 Å². The van der Waals surface area contributed by atoms with Crippen molar-refractivity contribution in [3.63, 3.8) is 0 Å². The number of benzene rings is 1. The Balaban J connectivity index is 2.78. The second kappa shape index (κ2) is 5.36. The van der Waals surface area contributed by atoms with Crippen molar-refractivity contribution in [2.75, 3.05) is 7.11 Å². The van der Waals surface area contributed by atoms with E-state index in [9.17, 15) is 9.59 Å². The van der Waals surface area contributed by atoms with E-state index in [0.717, 1.165) is 5.56 Å². The highest BCUT2D eigenvalue weighted by molar-refractivity contribution is 6.30. The number of halogens is 1. The number of ether oxygens (including phenoxy) is 1. The lowest BCUT2D eigenvalue weighted by atomic mass is 10.2. The molecule has 1 aromatic carbocycles. The predicted molar refractivity (Wildman–Crippen MR) is 55.9 cm³/mol. The molecule has 0 saturated carbocycles. The Hall–Kier alpha value is -1.55. The molecular formula is C10H10ClNO3. The molecule has 0 aliphatic rings. The van der Waals surface area contributed by atoms with Crippen molar-refractivity contribution >= 4 is 23.8 Å². The third-order valence-corrected chi connectivity index (χ3v) is 2.04. The van der Waals surface area contributed by atoms with Crippen molar-refractivity contribution in [1.82, 2.24) is 5.32 Å². The van der Waals surface area contributed by atoms with Crippen LogP contribution in [0.5, 0.6) is 5.75 Å². The smallest absolute Gasteiger partial charge is 0.284 e. The number of hydrogen-bond acceptors (Lipinski definition) is 3. The van der Waals surface area contributed by atoms with Gasteiger partial charge in [-0.1, -0.05) is 11.6 Å². The number of amides is 1. The highest BCUT2D eigenvalue weighted by atomic mass is 35.5. The summed E-state index contributed by atoms with van der Waals surface area (Å²) < 4.78 is 5.07. The third-order valence-electron chi connectivity index (χ3n) is 1.80. The number of aldehydes is 1. The standard InChI is InChI=1S/C10H10ClNO3/c1-15-9-3-2-8(11)4-7(9)5-12-10(14)6-13/h2-4,6H,5H2,1H3,(H,12,14). The Morgan fingerprint density at radius 1 is 1.60 bits per heavy atom. The minimum atomic E-state index is -0.669. The molecule has 0 bridgehead atoms. The molecule has 80 valence electrons. The summed E-state index contributed by atoms with van der Waals surface area (Å²) in [5.41, 5.74) is 0.722. The van der Waals surface area contributed by atoms with Gasteiger partial charge in [0.2, 0.25) is 6.29 Å². The monoisotopic (exact) mass is 227 g/mol. The number of nitrogens with one attached hydrogen (secondary N) is 1. The van der Waals surface area contributed by atoms with Crippen molar-refractivity contribution in [3.8, 4) is 5.75 Å². The molecule has 15 heavy (non-hydrogen) atoms. The molecule has 0 radical (unpaired) electrons. The SMILES string of the molecule is COc1ccc(Cl)cc1CNC(=O)C=O. The van der Waals surface area contributed by atoms with Crippen LogP contribution in [0.4, 0.5) is 0 Å². The zero-order chi connectivity index (χ0) is 11.3. The van der Waals surface area contributed by atoms with E-state index in [1.807, 2.05) is 0 Å². The number of carbonyl (C=O) groups is 2. The lowest BCUT2D eigenvalue weighted by Crippen LogP contribution is -2.23. The minimum Gasteiger partial charge on any atom is -0.496 e. The highest BCUT2D eigenvalue weighted by Gasteiger charge is 2.05. The molecule has 1 rings (SSSR count). The molecule has 4 nitrogen and oxygen atoms in total. The van der Waals surface area contributed by atoms with Crippen molar-refractivity contribution < 1.29 is 14.3 Å². The van der Waals surface area contributed by atoms with E-state index in [4.69, 9.17) is 16.3 Å². The van der Waals surface area contributed by atoms with E-state index in [2.05, 4.69) is 5.32 Å². The molecule has 0 aliphatic heterocycles. The van der Waals surface area contributed by atoms with Crippen LogP contribution in [0.1, 0.15) is 5.56 Å². The van der Waals surface area contributed by atoms with Crippen LogP contribution >= 0.6 is 11.6 Å². The normalized spacial score (nSPS) is 9.47. The van der Waals surface area contributed by atoms with E-state index in [1.54, 1.807) is 18.2 Å². The zero-order valence-corrected chi connectivity index (χ0v) is 8.88. The summed E-state index contributed by atoms with van der Waals surface area (Å²) >= 11 is 5.79. The average Bonchev–Trinajstić information content (AvgIpc) is 2.26. The van der Waals surface area contributed by atoms with Crippen LogP contribution in [-0.4, -0.2) is 19.3 Å². The van der Waals surface area contributed by atoms with Gasteiger partial charge in [0.25, 0.3) is 5.91 Å². The maximum Gasteiger partial charge on any atom is 0.284 e. The van der Waals surface area contributed by atoms with Crippen LogP contribution in [0.2, 0.25) is 5.02 Å². The number of methoxy groups -OCH3 is 1. The van der Waals surface area contributed by atoms with Gasteiger partial charge in [-0.15, -0.1) is 0 Å². The molecule has 0 unspecified atom stereocenters. The molecule has 0 spiro atoms. The fourth-order valence-electron chi connectivity index (χ4n) is 1.11. The van der Waals surface area contributed by atoms with Crippen LogP contribution in [0.15, 0.2) is 18.2 Å². The van der Waals surface area contributed by atoms with Gasteiger partial charge in [-0.3, -0.25) is 9.59 Å². The summed E-state index contributed by atoms with van der Waals surface area (Å²) in [5.74, 6) is -0.0531. The van der Waals surface area contributed by atoms with E-state index in [1.165, 1.54) is 7.11 Å². The molecule has 0 aliphatic carbocycles. The highest BCUT2D eigenvalue weighted by Crippen LogP contribution is 2.22. The van der Waals surface area contributed by atoms with Gasteiger partial charge in [-0.2, -0.15) is 0 Å². The van der Waals surface area contributed by atoms with Gasteiger partial charge in [-0.25, -0.2) is 0 Å². The molecule has 1 aromatic rings. The number of hydrogen-bond donors (Lipinski definition) is 1. The lowest BCUT2D eigenvalue weighted by Gasteiger charge is -2.08. The fraction of sp³-hybridized carbons (Fsp3) is 0.200. The molecule has 5 heteroatoms. The molecular weight excluding hydrogens is 218 g/mol. The first-order chi connectivity index (χ1) is 7.17. The summed E-state index contributed by atoms with van der Waals surface area (Å²) in [6.07, 6.45) is 0.219. The summed E-state index contributed by atoms with van der Waals surface area (Å²) in [6.45, 7) is 0.210. The van der Waals surface area contributed by atoms with Crippen LogP contribution < -0.4 is 10.1 Å². The van der Waals surface area contributed by atoms with E-state index in [0.29, 0.717) is 10.8 Å². The van der Waals surface area contributed by atoms with E-state index >= 15 is 0 Å². The molecule has 0 fully saturated rings. The van der Waals surface area contributed by atoms with Crippen LogP contribution in [0.3, 0.4) is 0 Å². The van der Waals surface area contributed by atoms with Crippen molar-refractivity contribution in [2.24, 2.45) is 0 Å². The van der Waals surface area contributed by atoms with Crippen LogP contribution in [0.25, 0.3) is 0 Å². The lowest BCUT2D eigenvalue weighted by molar-refractivity contribution is -0.131. The first-order valence-electron chi connectivity index (χ1n) is 4.22. The molecule has 1 amide bonds. The third kappa shape index (κ3) is 3.25. The van der Waals surface area contributed by atoms with Gasteiger partial charge >= 0.3 is 0 Å². The molecule has 0 saturated heterocycles. The minimum absolute atomic E-state index is 0.210. The molecule has 0 heterocycles. The van der Waals surface area contributed by atoms with E-state index < -0.39 is 5.91 Å². The molecule has 1 N–H and O–H groups in total. The topological polar surface area (TPSA) is 55.4 Å². The van der Waals surface area contributed by atoms with Gasteiger partial charge in [0.1, 0.15) is 5.75 Å². The Morgan fingerprint density at radius 2 is 2.33 bits per heavy atom. The maximum absolute atomic E-state index is 10.7. The Morgan fingerprint density at radius 3 is 2.93 bits per heavy atom. The fourth-order valence-corrected chi connectivity index (χ4v) is 1.30. The van der Waals surface area contributed by atoms with Crippen LogP contribution in [0, 0.1) is 0 Å². The second-order valence-corrected chi connectivity index (χ2v) is 3.23. The summed E-state index contributed by atoms with van der Waals surface area (Å²) in [5, 5.41) is 2.95. The zero-order valence-electron chi connectivity index (χ0n) is 8.12. The van der Waals surface area contributed by atoms with Crippen molar-refractivity contribution in [2.45, 2.75) is 6.54 Å². The Kier molecular flexibility index (Phi) is 4.12. The van der Waals surface area contributed by atoms with Crippen LogP contribution in [-0.2, 0) is 16.1 Å². The predicted octanol–water partition coefficient (Wildman–Crippen LogP) is 1.16. The number of rotatable bonds is 4. The number of carbonyl (C=O) groups excluding carboxylic acids is 2. The molecule has 0 aromatic heterocycles. The first kappa shape index (κ1) is 11.5. The van der Waals surface area contributed by atoms with Crippen molar-refractivity contribution in [3.05, 3.63) is 28.8 Å². The van der Waals surface area contributed by atoms with Gasteiger partial charge in [0, 0.05) is 17.1 Å². The largest absolute Gasteiger partial charge is 0.496 e. The van der Waals surface area contributed by atoms with Crippen molar-refractivity contribution in [1.29, 1.82) is 0 Å². The summed E-state index contributed by atoms with van der Waals surface area (Å²) in [6, 6.07) is 5.06. The quantitative estimate of drug-likeness (QED) is 0.621. The first-order valence-corrected chi connectivity index (χ1v) is 4.60.